The molecule has 2 atom stereocenters. The van der Waals surface area contributed by atoms with Crippen LogP contribution in [0.3, 0.4) is 0 Å². The Kier molecular flexibility index (Phi) is 7.68. The van der Waals surface area contributed by atoms with Crippen molar-refractivity contribution < 1.29 is 28.6 Å². The van der Waals surface area contributed by atoms with Gasteiger partial charge in [-0.2, -0.15) is 0 Å². The number of unbranched alkanes of at least 4 members (excludes halogenated alkanes) is 2. The molecule has 0 aliphatic carbocycles. The molecular weight excluding hydrogens is 548 g/mol. The van der Waals surface area contributed by atoms with Crippen LogP contribution in [0.4, 0.5) is 11.4 Å². The first-order valence-corrected chi connectivity index (χ1v) is 14.7. The maximum Gasteiger partial charge on any atom is 0.260 e. The molecule has 0 saturated carbocycles. The van der Waals surface area contributed by atoms with E-state index in [1.807, 2.05) is 33.2 Å². The second kappa shape index (κ2) is 11.6. The zero-order valence-electron chi connectivity index (χ0n) is 24.9. The molecule has 0 radical (unpaired) electrons. The monoisotopic (exact) mass is 584 g/mol. The van der Waals surface area contributed by atoms with Crippen molar-refractivity contribution >= 4 is 35.3 Å². The first kappa shape index (κ1) is 28.5. The summed E-state index contributed by atoms with van der Waals surface area (Å²) in [7, 11) is 1.56. The van der Waals surface area contributed by atoms with E-state index in [1.165, 1.54) is 4.90 Å². The van der Waals surface area contributed by atoms with Crippen LogP contribution in [0.2, 0.25) is 0 Å². The van der Waals surface area contributed by atoms with Gasteiger partial charge in [0.25, 0.3) is 11.8 Å². The molecule has 4 heterocycles. The maximum atomic E-state index is 13.1. The Bertz CT molecular complexity index is 1590. The van der Waals surface area contributed by atoms with Crippen LogP contribution in [0.1, 0.15) is 72.2 Å². The van der Waals surface area contributed by atoms with E-state index in [1.54, 1.807) is 42.5 Å². The van der Waals surface area contributed by atoms with E-state index in [4.69, 9.17) is 14.2 Å². The number of fused-ring (bicyclic) bond motifs is 4. The highest BCUT2D eigenvalue weighted by Crippen LogP contribution is 2.39. The first-order valence-electron chi connectivity index (χ1n) is 14.7. The zero-order valence-corrected chi connectivity index (χ0v) is 24.9. The second-order valence-electron chi connectivity index (χ2n) is 11.6. The van der Waals surface area contributed by atoms with Crippen LogP contribution in [0.5, 0.6) is 17.2 Å². The summed E-state index contributed by atoms with van der Waals surface area (Å²) in [5.74, 6) is 1.24. The van der Waals surface area contributed by atoms with Gasteiger partial charge in [0.05, 0.1) is 48.9 Å². The van der Waals surface area contributed by atoms with E-state index in [0.29, 0.717) is 59.4 Å². The Balaban J connectivity index is 1.01. The minimum atomic E-state index is -0.507. The summed E-state index contributed by atoms with van der Waals surface area (Å²) in [5, 5.41) is 2.92. The third-order valence-electron chi connectivity index (χ3n) is 8.24. The normalized spacial score (nSPS) is 20.3. The SMILES string of the molecule is COc1cc2c(cc1OCCCCCOc1cc3c(cc1C)C(=O)N1C=C(C)C[C@H]1C(=O)N3)N=C[C@@H]1CC(C)=CN1C2=O. The van der Waals surface area contributed by atoms with Crippen molar-refractivity contribution in [3.8, 4) is 17.2 Å². The summed E-state index contributed by atoms with van der Waals surface area (Å²) in [6.45, 7) is 6.81. The van der Waals surface area contributed by atoms with E-state index in [0.717, 1.165) is 42.4 Å². The molecule has 2 aromatic carbocycles. The van der Waals surface area contributed by atoms with Crippen molar-refractivity contribution in [3.63, 3.8) is 0 Å². The number of benzene rings is 2. The third kappa shape index (κ3) is 5.49. The van der Waals surface area contributed by atoms with Crippen LogP contribution < -0.4 is 19.5 Å². The lowest BCUT2D eigenvalue weighted by atomic mass is 10.1. The van der Waals surface area contributed by atoms with Crippen molar-refractivity contribution in [2.24, 2.45) is 4.99 Å². The molecule has 3 amide bonds. The highest BCUT2D eigenvalue weighted by Gasteiger charge is 2.38. The van der Waals surface area contributed by atoms with E-state index in [9.17, 15) is 14.4 Å². The molecule has 4 aliphatic rings. The van der Waals surface area contributed by atoms with Gasteiger partial charge in [0.15, 0.2) is 11.5 Å². The van der Waals surface area contributed by atoms with E-state index in [-0.39, 0.29) is 23.8 Å². The van der Waals surface area contributed by atoms with E-state index < -0.39 is 6.04 Å². The molecule has 0 aromatic heterocycles. The van der Waals surface area contributed by atoms with Crippen molar-refractivity contribution in [3.05, 3.63) is 64.5 Å². The summed E-state index contributed by atoms with van der Waals surface area (Å²) in [6.07, 6.45) is 9.28. The lowest BCUT2D eigenvalue weighted by molar-refractivity contribution is -0.119. The van der Waals surface area contributed by atoms with Gasteiger partial charge in [0, 0.05) is 30.7 Å². The lowest BCUT2D eigenvalue weighted by Gasteiger charge is -2.19. The number of methoxy groups -OCH3 is 1. The quantitative estimate of drug-likeness (QED) is 0.388. The molecule has 1 N–H and O–H groups in total. The molecule has 0 saturated heterocycles. The van der Waals surface area contributed by atoms with Crippen LogP contribution >= 0.6 is 0 Å². The molecule has 0 bridgehead atoms. The van der Waals surface area contributed by atoms with Gasteiger partial charge < -0.3 is 29.3 Å². The number of amides is 3. The third-order valence-corrected chi connectivity index (χ3v) is 8.24. The van der Waals surface area contributed by atoms with Crippen LogP contribution in [0.25, 0.3) is 0 Å². The van der Waals surface area contributed by atoms with Crippen LogP contribution in [0.15, 0.2) is 52.8 Å². The fourth-order valence-electron chi connectivity index (χ4n) is 5.98. The molecule has 10 nitrogen and oxygen atoms in total. The predicted octanol–water partition coefficient (Wildman–Crippen LogP) is 5.54. The summed E-state index contributed by atoms with van der Waals surface area (Å²) >= 11 is 0. The average Bonchev–Trinajstić information content (AvgIpc) is 3.52. The van der Waals surface area contributed by atoms with Crippen LogP contribution in [-0.2, 0) is 4.79 Å². The van der Waals surface area contributed by atoms with Gasteiger partial charge in [0.2, 0.25) is 5.91 Å². The number of anilines is 1. The fraction of sp³-hybridized carbons (Fsp3) is 0.394. The fourth-order valence-corrected chi connectivity index (χ4v) is 5.98. The second-order valence-corrected chi connectivity index (χ2v) is 11.6. The molecule has 224 valence electrons. The van der Waals surface area contributed by atoms with Crippen molar-refractivity contribution in [1.82, 2.24) is 9.80 Å². The molecule has 43 heavy (non-hydrogen) atoms. The summed E-state index contributed by atoms with van der Waals surface area (Å²) in [4.78, 5) is 46.9. The number of ether oxygens (including phenoxy) is 3. The van der Waals surface area contributed by atoms with Crippen LogP contribution in [-0.4, -0.2) is 66.1 Å². The summed E-state index contributed by atoms with van der Waals surface area (Å²) in [6, 6.07) is 6.46. The average molecular weight is 585 g/mol. The Morgan fingerprint density at radius 3 is 2.28 bits per heavy atom. The Labute approximate surface area is 251 Å². The van der Waals surface area contributed by atoms with Gasteiger partial charge in [-0.25, -0.2) is 0 Å². The highest BCUT2D eigenvalue weighted by molar-refractivity contribution is 6.11. The van der Waals surface area contributed by atoms with Gasteiger partial charge in [-0.15, -0.1) is 0 Å². The van der Waals surface area contributed by atoms with Gasteiger partial charge in [-0.1, -0.05) is 11.1 Å². The minimum absolute atomic E-state index is 0.0622. The van der Waals surface area contributed by atoms with E-state index >= 15 is 0 Å². The van der Waals surface area contributed by atoms with Gasteiger partial charge in [0.1, 0.15) is 11.8 Å². The van der Waals surface area contributed by atoms with Gasteiger partial charge in [-0.05, 0) is 70.6 Å². The topological polar surface area (TPSA) is 110 Å². The molecule has 10 heteroatoms. The largest absolute Gasteiger partial charge is 0.493 e. The summed E-state index contributed by atoms with van der Waals surface area (Å²) < 4.78 is 17.6. The summed E-state index contributed by atoms with van der Waals surface area (Å²) in [5.41, 5.74) is 5.03. The molecule has 0 spiro atoms. The first-order chi connectivity index (χ1) is 20.7. The number of carbonyl (C=O) groups is 3. The minimum Gasteiger partial charge on any atom is -0.493 e. The van der Waals surface area contributed by atoms with E-state index in [2.05, 4.69) is 10.3 Å². The standard InChI is InChI=1S/C33H36N4O6/c1-19-10-22-16-34-25-14-30(29(41-4)13-24(25)32(39)36(22)17-19)43-9-7-5-6-8-42-28-15-26-23(12-21(28)3)33(40)37-18-20(2)11-27(37)31(38)35-26/h12-18,22,27H,5-11H2,1-4H3,(H,35,38)/t22-,27-/m0/s1. The van der Waals surface area contributed by atoms with Crippen molar-refractivity contribution in [2.75, 3.05) is 25.6 Å². The predicted molar refractivity (Wildman–Crippen MR) is 162 cm³/mol. The molecule has 0 fully saturated rings. The molecule has 2 aromatic rings. The molecule has 4 aliphatic heterocycles. The van der Waals surface area contributed by atoms with Gasteiger partial charge >= 0.3 is 0 Å². The number of aryl methyl sites for hydroxylation is 1. The molecule has 6 rings (SSSR count). The smallest absolute Gasteiger partial charge is 0.260 e. The van der Waals surface area contributed by atoms with Gasteiger partial charge in [-0.3, -0.25) is 19.4 Å². The lowest BCUT2D eigenvalue weighted by Crippen LogP contribution is -2.38. The Morgan fingerprint density at radius 2 is 1.51 bits per heavy atom. The number of rotatable bonds is 9. The van der Waals surface area contributed by atoms with Crippen molar-refractivity contribution in [1.29, 1.82) is 0 Å². The molecule has 0 unspecified atom stereocenters. The zero-order chi connectivity index (χ0) is 30.2. The number of nitrogens with zero attached hydrogens (tertiary/aromatic N) is 3. The Morgan fingerprint density at radius 1 is 0.814 bits per heavy atom. The number of carbonyl (C=O) groups excluding carboxylic acids is 3. The number of hydrogen-bond acceptors (Lipinski definition) is 7. The number of aliphatic imine (C=N–C) groups is 1. The molecular formula is C33H36N4O6. The Hall–Kier alpha value is -4.60. The van der Waals surface area contributed by atoms with Crippen LogP contribution in [0, 0.1) is 6.92 Å². The number of nitrogens with one attached hydrogen (secondary N) is 1. The maximum absolute atomic E-state index is 13.1. The van der Waals surface area contributed by atoms with Crippen molar-refractivity contribution in [2.45, 2.75) is 65.0 Å². The number of hydrogen-bond donors (Lipinski definition) is 1. The highest BCUT2D eigenvalue weighted by atomic mass is 16.5.